The van der Waals surface area contributed by atoms with Crippen LogP contribution >= 0.6 is 0 Å². The quantitative estimate of drug-likeness (QED) is 0.416. The predicted octanol–water partition coefficient (Wildman–Crippen LogP) is 1.80. The Balaban J connectivity index is 2.80. The maximum absolute atomic E-state index is 12.4. The lowest BCUT2D eigenvalue weighted by Crippen LogP contribution is -2.03. The normalized spacial score (nSPS) is 10.7. The topological polar surface area (TPSA) is 58.9 Å². The first-order valence-corrected chi connectivity index (χ1v) is 3.14. The van der Waals surface area contributed by atoms with Gasteiger partial charge in [-0.05, 0) is 12.1 Å². The molecule has 1 aromatic carbocycles. The average Bonchev–Trinajstić information content (AvgIpc) is 2.10. The van der Waals surface area contributed by atoms with Crippen LogP contribution in [0.3, 0.4) is 0 Å². The van der Waals surface area contributed by atoms with Crippen molar-refractivity contribution < 1.29 is 24.7 Å². The lowest BCUT2D eigenvalue weighted by molar-refractivity contribution is -0.437. The maximum atomic E-state index is 12.4. The Morgan fingerprint density at radius 1 is 1.08 bits per heavy atom. The first-order valence-electron chi connectivity index (χ1n) is 3.14. The predicted molar refractivity (Wildman–Crippen MR) is 36.6 cm³/mol. The van der Waals surface area contributed by atoms with Gasteiger partial charge in [0.1, 0.15) is 5.82 Å². The van der Waals surface area contributed by atoms with Gasteiger partial charge >= 0.3 is 0 Å². The van der Waals surface area contributed by atoms with Crippen LogP contribution < -0.4 is 0 Å². The molecule has 0 fully saturated rings. The van der Waals surface area contributed by atoms with Gasteiger partial charge in [-0.25, -0.2) is 14.9 Å². The van der Waals surface area contributed by atoms with Crippen molar-refractivity contribution in [1.29, 1.82) is 0 Å². The fourth-order valence-electron chi connectivity index (χ4n) is 0.761. The van der Waals surface area contributed by atoms with E-state index in [1.807, 2.05) is 0 Å². The van der Waals surface area contributed by atoms with E-state index in [1.165, 1.54) is 12.1 Å². The van der Waals surface area contributed by atoms with E-state index in [4.69, 9.17) is 10.5 Å². The molecule has 0 aliphatic heterocycles. The highest BCUT2D eigenvalue weighted by molar-refractivity contribution is 5.16. The highest BCUT2D eigenvalue weighted by atomic mass is 19.1. The Morgan fingerprint density at radius 2 is 1.58 bits per heavy atom. The van der Waals surface area contributed by atoms with Gasteiger partial charge in [0.25, 0.3) is 0 Å². The van der Waals surface area contributed by atoms with Crippen LogP contribution in [-0.2, 0) is 9.78 Å². The molecule has 0 amide bonds. The summed E-state index contributed by atoms with van der Waals surface area (Å²) in [5, 5.41) is 16.3. The number of rotatable bonds is 3. The highest BCUT2D eigenvalue weighted by Gasteiger charge is 2.11. The molecule has 0 saturated heterocycles. The number of halogens is 1. The van der Waals surface area contributed by atoms with E-state index < -0.39 is 12.1 Å². The van der Waals surface area contributed by atoms with Crippen molar-refractivity contribution in [2.45, 2.75) is 6.29 Å². The summed E-state index contributed by atoms with van der Waals surface area (Å²) in [6.07, 6.45) is -1.30. The van der Waals surface area contributed by atoms with Crippen molar-refractivity contribution in [2.75, 3.05) is 0 Å². The summed E-state index contributed by atoms with van der Waals surface area (Å²) in [4.78, 5) is 7.46. The van der Waals surface area contributed by atoms with Gasteiger partial charge in [0.15, 0.2) is 0 Å². The third-order valence-corrected chi connectivity index (χ3v) is 1.33. The van der Waals surface area contributed by atoms with Gasteiger partial charge in [-0.15, -0.1) is 0 Å². The lowest BCUT2D eigenvalue weighted by atomic mass is 10.2. The number of benzene rings is 1. The summed E-state index contributed by atoms with van der Waals surface area (Å²) in [5.74, 6) is -0.423. The SMILES string of the molecule is OOC(OO)c1ccc(F)cc1. The molecule has 0 spiro atoms. The molecule has 1 rings (SSSR count). The van der Waals surface area contributed by atoms with Crippen molar-refractivity contribution in [3.8, 4) is 0 Å². The average molecular weight is 174 g/mol. The zero-order valence-corrected chi connectivity index (χ0v) is 5.98. The molecular formula is C7H7FO4. The van der Waals surface area contributed by atoms with Gasteiger partial charge in [-0.2, -0.15) is 9.78 Å². The number of hydrogen-bond acceptors (Lipinski definition) is 4. The Labute approximate surface area is 67.6 Å². The van der Waals surface area contributed by atoms with E-state index in [1.54, 1.807) is 0 Å². The molecule has 0 radical (unpaired) electrons. The molecule has 1 aromatic rings. The third-order valence-electron chi connectivity index (χ3n) is 1.33. The molecule has 12 heavy (non-hydrogen) atoms. The highest BCUT2D eigenvalue weighted by Crippen LogP contribution is 2.16. The molecule has 0 bridgehead atoms. The van der Waals surface area contributed by atoms with E-state index >= 15 is 0 Å². The van der Waals surface area contributed by atoms with Gasteiger partial charge in [-0.3, -0.25) is 0 Å². The molecule has 0 heterocycles. The van der Waals surface area contributed by atoms with E-state index in [0.29, 0.717) is 5.56 Å². The lowest BCUT2D eigenvalue weighted by Gasteiger charge is -2.08. The Hall–Kier alpha value is -1.01. The minimum Gasteiger partial charge on any atom is -0.249 e. The first kappa shape index (κ1) is 9.08. The van der Waals surface area contributed by atoms with Crippen molar-refractivity contribution in [3.63, 3.8) is 0 Å². The molecule has 0 unspecified atom stereocenters. The van der Waals surface area contributed by atoms with Crippen LogP contribution in [0.1, 0.15) is 11.9 Å². The number of hydrogen-bond donors (Lipinski definition) is 2. The van der Waals surface area contributed by atoms with E-state index in [-0.39, 0.29) is 0 Å². The summed E-state index contributed by atoms with van der Waals surface area (Å²) < 4.78 is 12.4. The summed E-state index contributed by atoms with van der Waals surface area (Å²) in [5.41, 5.74) is 0.307. The molecule has 0 aliphatic carbocycles. The Kier molecular flexibility index (Phi) is 3.12. The molecule has 0 aromatic heterocycles. The molecule has 2 N–H and O–H groups in total. The Morgan fingerprint density at radius 3 is 2.00 bits per heavy atom. The largest absolute Gasteiger partial charge is 0.249 e. The zero-order chi connectivity index (χ0) is 8.97. The monoisotopic (exact) mass is 174 g/mol. The van der Waals surface area contributed by atoms with E-state index in [2.05, 4.69) is 9.78 Å². The van der Waals surface area contributed by atoms with Gasteiger partial charge in [0, 0.05) is 5.56 Å². The molecule has 0 aliphatic rings. The summed E-state index contributed by atoms with van der Waals surface area (Å²) >= 11 is 0. The maximum Gasteiger partial charge on any atom is 0.248 e. The van der Waals surface area contributed by atoms with Gasteiger partial charge in [0.2, 0.25) is 6.29 Å². The van der Waals surface area contributed by atoms with Crippen LogP contribution in [-0.4, -0.2) is 10.5 Å². The van der Waals surface area contributed by atoms with Crippen LogP contribution in [0, 0.1) is 5.82 Å². The minimum atomic E-state index is -1.30. The van der Waals surface area contributed by atoms with Crippen molar-refractivity contribution in [1.82, 2.24) is 0 Å². The van der Waals surface area contributed by atoms with Crippen LogP contribution in [0.25, 0.3) is 0 Å². The summed E-state index contributed by atoms with van der Waals surface area (Å²) in [6.45, 7) is 0. The fraction of sp³-hybridized carbons (Fsp3) is 0.143. The molecule has 0 atom stereocenters. The van der Waals surface area contributed by atoms with Crippen molar-refractivity contribution >= 4 is 0 Å². The summed E-state index contributed by atoms with van der Waals surface area (Å²) in [7, 11) is 0. The van der Waals surface area contributed by atoms with E-state index in [0.717, 1.165) is 12.1 Å². The molecule has 66 valence electrons. The second kappa shape index (κ2) is 4.13. The van der Waals surface area contributed by atoms with Crippen molar-refractivity contribution in [2.24, 2.45) is 0 Å². The summed E-state index contributed by atoms with van der Waals surface area (Å²) in [6, 6.07) is 4.93. The van der Waals surface area contributed by atoms with Gasteiger partial charge < -0.3 is 0 Å². The first-order chi connectivity index (χ1) is 5.77. The molecule has 5 heteroatoms. The smallest absolute Gasteiger partial charge is 0.248 e. The molecule has 4 nitrogen and oxygen atoms in total. The van der Waals surface area contributed by atoms with Crippen LogP contribution in [0.15, 0.2) is 24.3 Å². The van der Waals surface area contributed by atoms with Gasteiger partial charge in [0.05, 0.1) is 0 Å². The second-order valence-corrected chi connectivity index (χ2v) is 2.09. The van der Waals surface area contributed by atoms with Crippen LogP contribution in [0.2, 0.25) is 0 Å². The zero-order valence-electron chi connectivity index (χ0n) is 5.98. The van der Waals surface area contributed by atoms with E-state index in [9.17, 15) is 4.39 Å². The fourth-order valence-corrected chi connectivity index (χ4v) is 0.761. The van der Waals surface area contributed by atoms with Crippen LogP contribution in [0.4, 0.5) is 4.39 Å². The van der Waals surface area contributed by atoms with Crippen LogP contribution in [0.5, 0.6) is 0 Å². The minimum absolute atomic E-state index is 0.307. The van der Waals surface area contributed by atoms with Crippen molar-refractivity contribution in [3.05, 3.63) is 35.6 Å². The second-order valence-electron chi connectivity index (χ2n) is 2.09. The third kappa shape index (κ3) is 1.99. The van der Waals surface area contributed by atoms with Gasteiger partial charge in [-0.1, -0.05) is 12.1 Å². The molecular weight excluding hydrogens is 167 g/mol. The standard InChI is InChI=1S/C7H7FO4/c8-6-3-1-5(2-4-6)7(11-9)12-10/h1-4,7,9-10H. The molecule has 0 saturated carbocycles. The Bertz CT molecular complexity index is 232.